The van der Waals surface area contributed by atoms with Crippen molar-refractivity contribution in [1.82, 2.24) is 5.32 Å². The molecule has 20 heavy (non-hydrogen) atoms. The molecule has 1 amide bonds. The molecule has 0 heterocycles. The standard InChI is InChI=1S/C15H19NO4/c1-15(2,3)20-14(19)16-5-4-11-6-12(9-17)8-13(7-11)10-18/h6-10H,4-5H2,1-3H3,(H,16,19). The minimum atomic E-state index is -0.536. The summed E-state index contributed by atoms with van der Waals surface area (Å²) in [5.41, 5.74) is 1.17. The van der Waals surface area contributed by atoms with Crippen molar-refractivity contribution in [2.45, 2.75) is 32.8 Å². The highest BCUT2D eigenvalue weighted by Crippen LogP contribution is 2.09. The normalized spacial score (nSPS) is 10.8. The molecule has 1 rings (SSSR count). The van der Waals surface area contributed by atoms with Crippen molar-refractivity contribution >= 4 is 18.7 Å². The monoisotopic (exact) mass is 277 g/mol. The third kappa shape index (κ3) is 5.65. The number of hydrogen-bond acceptors (Lipinski definition) is 4. The predicted octanol–water partition coefficient (Wildman–Crippen LogP) is 2.38. The molecule has 0 atom stereocenters. The molecule has 0 spiro atoms. The highest BCUT2D eigenvalue weighted by atomic mass is 16.6. The van der Waals surface area contributed by atoms with E-state index in [0.717, 1.165) is 5.56 Å². The molecule has 0 radical (unpaired) electrons. The van der Waals surface area contributed by atoms with Crippen LogP contribution in [0.2, 0.25) is 0 Å². The van der Waals surface area contributed by atoms with Gasteiger partial charge in [-0.15, -0.1) is 0 Å². The number of alkyl carbamates (subject to hydrolysis) is 1. The van der Waals surface area contributed by atoms with E-state index in [1.165, 1.54) is 6.07 Å². The average Bonchev–Trinajstić information content (AvgIpc) is 2.36. The van der Waals surface area contributed by atoms with Crippen LogP contribution >= 0.6 is 0 Å². The van der Waals surface area contributed by atoms with Gasteiger partial charge in [-0.2, -0.15) is 0 Å². The Kier molecular flexibility index (Phi) is 5.43. The lowest BCUT2D eigenvalue weighted by atomic mass is 10.0. The zero-order valence-electron chi connectivity index (χ0n) is 11.9. The first-order valence-electron chi connectivity index (χ1n) is 6.35. The zero-order valence-corrected chi connectivity index (χ0v) is 11.9. The van der Waals surface area contributed by atoms with Crippen molar-refractivity contribution in [2.24, 2.45) is 0 Å². The number of carbonyl (C=O) groups is 3. The molecule has 0 aliphatic rings. The number of hydrogen-bond donors (Lipinski definition) is 1. The van der Waals surface area contributed by atoms with Crippen LogP contribution < -0.4 is 5.32 Å². The Morgan fingerprint density at radius 2 is 1.70 bits per heavy atom. The fourth-order valence-electron chi connectivity index (χ4n) is 1.65. The first-order valence-corrected chi connectivity index (χ1v) is 6.35. The maximum Gasteiger partial charge on any atom is 0.407 e. The maximum absolute atomic E-state index is 11.4. The average molecular weight is 277 g/mol. The largest absolute Gasteiger partial charge is 0.444 e. The summed E-state index contributed by atoms with van der Waals surface area (Å²) < 4.78 is 5.10. The van der Waals surface area contributed by atoms with Gasteiger partial charge >= 0.3 is 6.09 Å². The Morgan fingerprint density at radius 3 is 2.15 bits per heavy atom. The minimum absolute atomic E-state index is 0.371. The Labute approximate surface area is 118 Å². The van der Waals surface area contributed by atoms with E-state index in [9.17, 15) is 14.4 Å². The number of aldehydes is 2. The number of rotatable bonds is 5. The predicted molar refractivity (Wildman–Crippen MR) is 75.2 cm³/mol. The van der Waals surface area contributed by atoms with Crippen molar-refractivity contribution in [3.63, 3.8) is 0 Å². The van der Waals surface area contributed by atoms with E-state index in [-0.39, 0.29) is 0 Å². The van der Waals surface area contributed by atoms with Crippen LogP contribution in [0.3, 0.4) is 0 Å². The third-order valence-corrected chi connectivity index (χ3v) is 2.39. The Morgan fingerprint density at radius 1 is 1.15 bits per heavy atom. The lowest BCUT2D eigenvalue weighted by Crippen LogP contribution is -2.33. The molecule has 108 valence electrons. The number of nitrogens with one attached hydrogen (secondary N) is 1. The molecule has 0 fully saturated rings. The minimum Gasteiger partial charge on any atom is -0.444 e. The fourth-order valence-corrected chi connectivity index (χ4v) is 1.65. The fraction of sp³-hybridized carbons (Fsp3) is 0.400. The topological polar surface area (TPSA) is 72.5 Å². The summed E-state index contributed by atoms with van der Waals surface area (Å²) in [7, 11) is 0. The summed E-state index contributed by atoms with van der Waals surface area (Å²) in [6, 6.07) is 4.90. The highest BCUT2D eigenvalue weighted by molar-refractivity contribution is 5.82. The van der Waals surface area contributed by atoms with E-state index in [1.807, 2.05) is 0 Å². The van der Waals surface area contributed by atoms with Gasteiger partial charge in [-0.25, -0.2) is 4.79 Å². The maximum atomic E-state index is 11.4. The highest BCUT2D eigenvalue weighted by Gasteiger charge is 2.15. The molecule has 1 aromatic rings. The van der Waals surface area contributed by atoms with E-state index >= 15 is 0 Å². The van der Waals surface area contributed by atoms with Gasteiger partial charge in [0.25, 0.3) is 0 Å². The molecule has 0 aliphatic carbocycles. The molecule has 1 aromatic carbocycles. The molecule has 0 unspecified atom stereocenters. The SMILES string of the molecule is CC(C)(C)OC(=O)NCCc1cc(C=O)cc(C=O)c1. The summed E-state index contributed by atoms with van der Waals surface area (Å²) >= 11 is 0. The molecule has 0 aromatic heterocycles. The quantitative estimate of drug-likeness (QED) is 0.839. The van der Waals surface area contributed by atoms with Gasteiger partial charge in [0, 0.05) is 17.7 Å². The summed E-state index contributed by atoms with van der Waals surface area (Å²) in [6.45, 7) is 5.74. The molecular weight excluding hydrogens is 258 g/mol. The molecule has 0 aliphatic heterocycles. The smallest absolute Gasteiger partial charge is 0.407 e. The molecule has 0 bridgehead atoms. The van der Waals surface area contributed by atoms with Gasteiger partial charge in [0.1, 0.15) is 18.2 Å². The third-order valence-electron chi connectivity index (χ3n) is 2.39. The van der Waals surface area contributed by atoms with Gasteiger partial charge < -0.3 is 10.1 Å². The van der Waals surface area contributed by atoms with E-state index in [1.54, 1.807) is 32.9 Å². The van der Waals surface area contributed by atoms with E-state index < -0.39 is 11.7 Å². The van der Waals surface area contributed by atoms with Crippen LogP contribution in [0.25, 0.3) is 0 Å². The van der Waals surface area contributed by atoms with Crippen molar-refractivity contribution in [2.75, 3.05) is 6.54 Å². The molecule has 0 saturated heterocycles. The Balaban J connectivity index is 2.55. The summed E-state index contributed by atoms with van der Waals surface area (Å²) in [4.78, 5) is 33.0. The van der Waals surface area contributed by atoms with E-state index in [0.29, 0.717) is 36.7 Å². The van der Waals surface area contributed by atoms with Crippen molar-refractivity contribution < 1.29 is 19.1 Å². The van der Waals surface area contributed by atoms with Gasteiger partial charge in [-0.1, -0.05) is 0 Å². The zero-order chi connectivity index (χ0) is 15.2. The van der Waals surface area contributed by atoms with Crippen LogP contribution in [0.4, 0.5) is 4.79 Å². The Bertz CT molecular complexity index is 477. The second-order valence-corrected chi connectivity index (χ2v) is 5.42. The van der Waals surface area contributed by atoms with Crippen LogP contribution in [-0.4, -0.2) is 30.8 Å². The summed E-state index contributed by atoms with van der Waals surface area (Å²) in [6.07, 6.45) is 1.41. The number of benzene rings is 1. The molecule has 5 heteroatoms. The van der Waals surface area contributed by atoms with Gasteiger partial charge in [-0.05, 0) is 51.0 Å². The van der Waals surface area contributed by atoms with E-state index in [2.05, 4.69) is 5.32 Å². The van der Waals surface area contributed by atoms with E-state index in [4.69, 9.17) is 4.74 Å². The van der Waals surface area contributed by atoms with Crippen molar-refractivity contribution in [3.05, 3.63) is 34.9 Å². The first-order chi connectivity index (χ1) is 9.34. The molecular formula is C15H19NO4. The number of amides is 1. The lowest BCUT2D eigenvalue weighted by molar-refractivity contribution is 0.0528. The van der Waals surface area contributed by atoms with Crippen LogP contribution in [0.1, 0.15) is 47.1 Å². The van der Waals surface area contributed by atoms with Gasteiger partial charge in [0.15, 0.2) is 0 Å². The van der Waals surface area contributed by atoms with Crippen LogP contribution in [-0.2, 0) is 11.2 Å². The summed E-state index contributed by atoms with van der Waals surface area (Å²) in [5.74, 6) is 0. The Hall–Kier alpha value is -2.17. The van der Waals surface area contributed by atoms with Crippen LogP contribution in [0.15, 0.2) is 18.2 Å². The lowest BCUT2D eigenvalue weighted by Gasteiger charge is -2.19. The van der Waals surface area contributed by atoms with Crippen LogP contribution in [0, 0.1) is 0 Å². The second-order valence-electron chi connectivity index (χ2n) is 5.42. The van der Waals surface area contributed by atoms with Gasteiger partial charge in [0.05, 0.1) is 0 Å². The number of carbonyl (C=O) groups excluding carboxylic acids is 3. The number of ether oxygens (including phenoxy) is 1. The van der Waals surface area contributed by atoms with Crippen molar-refractivity contribution in [1.29, 1.82) is 0 Å². The van der Waals surface area contributed by atoms with Crippen molar-refractivity contribution in [3.8, 4) is 0 Å². The first kappa shape index (κ1) is 15.9. The second kappa shape index (κ2) is 6.84. The molecule has 5 nitrogen and oxygen atoms in total. The molecule has 0 saturated carbocycles. The molecule has 1 N–H and O–H groups in total. The van der Waals surface area contributed by atoms with Crippen LogP contribution in [0.5, 0.6) is 0 Å². The summed E-state index contributed by atoms with van der Waals surface area (Å²) in [5, 5.41) is 2.62. The van der Waals surface area contributed by atoms with Gasteiger partial charge in [0.2, 0.25) is 0 Å². The van der Waals surface area contributed by atoms with Gasteiger partial charge in [-0.3, -0.25) is 9.59 Å².